The maximum absolute atomic E-state index is 11.8. The average Bonchev–Trinajstić information content (AvgIpc) is 3.02. The molecular formula is C18H20N2O3S. The molecule has 5 nitrogen and oxygen atoms in total. The van der Waals surface area contributed by atoms with E-state index in [1.165, 1.54) is 0 Å². The lowest BCUT2D eigenvalue weighted by Gasteiger charge is -2.24. The van der Waals surface area contributed by atoms with Crippen molar-refractivity contribution in [2.24, 2.45) is 0 Å². The van der Waals surface area contributed by atoms with Gasteiger partial charge in [0.25, 0.3) is 0 Å². The van der Waals surface area contributed by atoms with Gasteiger partial charge in [0.15, 0.2) is 11.5 Å². The fourth-order valence-electron chi connectivity index (χ4n) is 2.82. The SMILES string of the molecule is COc1cccc(/C=C/c2nc3c(s2)N(C(C)=O)CCC3)c1OC. The number of carbonyl (C=O) groups excluding carboxylic acids is 1. The fourth-order valence-corrected chi connectivity index (χ4v) is 3.90. The van der Waals surface area contributed by atoms with Gasteiger partial charge >= 0.3 is 0 Å². The van der Waals surface area contributed by atoms with E-state index >= 15 is 0 Å². The van der Waals surface area contributed by atoms with Crippen LogP contribution in [0.3, 0.4) is 0 Å². The van der Waals surface area contributed by atoms with E-state index in [1.54, 1.807) is 32.5 Å². The van der Waals surface area contributed by atoms with Crippen molar-refractivity contribution in [3.8, 4) is 11.5 Å². The molecule has 2 aromatic rings. The number of fused-ring (bicyclic) bond motifs is 1. The third-order valence-corrected chi connectivity index (χ3v) is 5.04. The minimum atomic E-state index is 0.0737. The first-order chi connectivity index (χ1) is 11.6. The smallest absolute Gasteiger partial charge is 0.224 e. The van der Waals surface area contributed by atoms with Crippen LogP contribution in [0.25, 0.3) is 12.2 Å². The summed E-state index contributed by atoms with van der Waals surface area (Å²) in [4.78, 5) is 18.2. The summed E-state index contributed by atoms with van der Waals surface area (Å²) in [5, 5.41) is 1.86. The largest absolute Gasteiger partial charge is 0.493 e. The van der Waals surface area contributed by atoms with Crippen LogP contribution in [0.5, 0.6) is 11.5 Å². The fraction of sp³-hybridized carbons (Fsp3) is 0.333. The number of hydrogen-bond donors (Lipinski definition) is 0. The Balaban J connectivity index is 1.90. The van der Waals surface area contributed by atoms with Gasteiger partial charge in [0.2, 0.25) is 5.91 Å². The summed E-state index contributed by atoms with van der Waals surface area (Å²) in [5.41, 5.74) is 1.94. The number of carbonyl (C=O) groups is 1. The van der Waals surface area contributed by atoms with Crippen LogP contribution in [0.4, 0.5) is 5.00 Å². The second-order valence-electron chi connectivity index (χ2n) is 5.49. The summed E-state index contributed by atoms with van der Waals surface area (Å²) < 4.78 is 10.8. The van der Waals surface area contributed by atoms with Crippen molar-refractivity contribution in [1.82, 2.24) is 4.98 Å². The highest BCUT2D eigenvalue weighted by Crippen LogP contribution is 2.35. The molecule has 0 saturated carbocycles. The maximum Gasteiger partial charge on any atom is 0.224 e. The van der Waals surface area contributed by atoms with Crippen molar-refractivity contribution >= 4 is 34.4 Å². The van der Waals surface area contributed by atoms with E-state index in [-0.39, 0.29) is 5.91 Å². The Morgan fingerprint density at radius 2 is 2.12 bits per heavy atom. The third kappa shape index (κ3) is 3.14. The average molecular weight is 344 g/mol. The highest BCUT2D eigenvalue weighted by Gasteiger charge is 2.23. The first kappa shape index (κ1) is 16.5. The minimum absolute atomic E-state index is 0.0737. The van der Waals surface area contributed by atoms with Gasteiger partial charge in [-0.1, -0.05) is 23.5 Å². The van der Waals surface area contributed by atoms with Crippen molar-refractivity contribution in [1.29, 1.82) is 0 Å². The third-order valence-electron chi connectivity index (χ3n) is 3.95. The molecule has 1 aromatic carbocycles. The van der Waals surface area contributed by atoms with E-state index < -0.39 is 0 Å². The Morgan fingerprint density at radius 3 is 2.83 bits per heavy atom. The Hall–Kier alpha value is -2.34. The minimum Gasteiger partial charge on any atom is -0.493 e. The second kappa shape index (κ2) is 7.05. The molecule has 0 unspecified atom stereocenters. The van der Waals surface area contributed by atoms with Crippen LogP contribution in [0.1, 0.15) is 29.6 Å². The lowest BCUT2D eigenvalue weighted by Crippen LogP contribution is -2.32. The molecule has 3 rings (SSSR count). The van der Waals surface area contributed by atoms with Crippen LogP contribution in [-0.4, -0.2) is 31.7 Å². The number of hydrogen-bond acceptors (Lipinski definition) is 5. The number of aryl methyl sites for hydroxylation is 1. The van der Waals surface area contributed by atoms with Gasteiger partial charge < -0.3 is 14.4 Å². The van der Waals surface area contributed by atoms with Crippen LogP contribution >= 0.6 is 11.3 Å². The van der Waals surface area contributed by atoms with Crippen molar-refractivity contribution in [3.63, 3.8) is 0 Å². The summed E-state index contributed by atoms with van der Waals surface area (Å²) in [6.45, 7) is 2.38. The highest BCUT2D eigenvalue weighted by molar-refractivity contribution is 7.17. The lowest BCUT2D eigenvalue weighted by molar-refractivity contribution is -0.116. The molecule has 6 heteroatoms. The second-order valence-corrected chi connectivity index (χ2v) is 6.50. The van der Waals surface area contributed by atoms with Crippen LogP contribution < -0.4 is 14.4 Å². The van der Waals surface area contributed by atoms with E-state index in [0.29, 0.717) is 11.5 Å². The zero-order valence-electron chi connectivity index (χ0n) is 14.0. The van der Waals surface area contributed by atoms with E-state index in [1.807, 2.05) is 35.3 Å². The number of benzene rings is 1. The molecule has 0 radical (unpaired) electrons. The molecule has 0 fully saturated rings. The lowest BCUT2D eigenvalue weighted by atomic mass is 10.1. The number of aromatic nitrogens is 1. The van der Waals surface area contributed by atoms with E-state index in [2.05, 4.69) is 4.98 Å². The number of para-hydroxylation sites is 1. The molecule has 0 spiro atoms. The summed E-state index contributed by atoms with van der Waals surface area (Å²) in [7, 11) is 3.25. The summed E-state index contributed by atoms with van der Waals surface area (Å²) in [5.74, 6) is 1.47. The zero-order chi connectivity index (χ0) is 17.1. The van der Waals surface area contributed by atoms with Gasteiger partial charge in [-0.05, 0) is 31.1 Å². The molecule has 24 heavy (non-hydrogen) atoms. The molecule has 1 aromatic heterocycles. The summed E-state index contributed by atoms with van der Waals surface area (Å²) >= 11 is 1.55. The van der Waals surface area contributed by atoms with Crippen molar-refractivity contribution < 1.29 is 14.3 Å². The number of amides is 1. The number of nitrogens with zero attached hydrogens (tertiary/aromatic N) is 2. The van der Waals surface area contributed by atoms with Crippen LogP contribution in [-0.2, 0) is 11.2 Å². The van der Waals surface area contributed by atoms with Gasteiger partial charge in [0, 0.05) is 19.0 Å². The van der Waals surface area contributed by atoms with Crippen molar-refractivity contribution in [2.45, 2.75) is 19.8 Å². The molecule has 0 bridgehead atoms. The van der Waals surface area contributed by atoms with Gasteiger partial charge in [-0.3, -0.25) is 4.79 Å². The van der Waals surface area contributed by atoms with Crippen molar-refractivity contribution in [2.75, 3.05) is 25.7 Å². The predicted molar refractivity (Wildman–Crippen MR) is 96.9 cm³/mol. The number of methoxy groups -OCH3 is 2. The number of thiazole rings is 1. The normalized spacial score (nSPS) is 13.9. The number of anilines is 1. The van der Waals surface area contributed by atoms with Crippen LogP contribution in [0.2, 0.25) is 0 Å². The van der Waals surface area contributed by atoms with E-state index in [0.717, 1.165) is 40.7 Å². The molecule has 126 valence electrons. The predicted octanol–water partition coefficient (Wildman–Crippen LogP) is 3.63. The Morgan fingerprint density at radius 1 is 1.29 bits per heavy atom. The Labute approximate surface area is 145 Å². The van der Waals surface area contributed by atoms with Crippen LogP contribution in [0.15, 0.2) is 18.2 Å². The Kier molecular flexibility index (Phi) is 4.85. The molecular weight excluding hydrogens is 324 g/mol. The van der Waals surface area contributed by atoms with E-state index in [9.17, 15) is 4.79 Å². The quantitative estimate of drug-likeness (QED) is 0.850. The van der Waals surface area contributed by atoms with Gasteiger partial charge in [0.1, 0.15) is 10.0 Å². The summed E-state index contributed by atoms with van der Waals surface area (Å²) in [6.07, 6.45) is 5.80. The molecule has 1 amide bonds. The zero-order valence-corrected chi connectivity index (χ0v) is 14.9. The van der Waals surface area contributed by atoms with Gasteiger partial charge in [-0.2, -0.15) is 0 Å². The molecule has 0 aliphatic carbocycles. The molecule has 1 aliphatic heterocycles. The molecule has 1 aliphatic rings. The molecule has 2 heterocycles. The van der Waals surface area contributed by atoms with Crippen LogP contribution in [0, 0.1) is 0 Å². The maximum atomic E-state index is 11.8. The van der Waals surface area contributed by atoms with Crippen molar-refractivity contribution in [3.05, 3.63) is 34.5 Å². The standard InChI is InChI=1S/C18H20N2O3S/c1-12(21)20-11-5-7-14-18(20)24-16(19-14)10-9-13-6-4-8-15(22-2)17(13)23-3/h4,6,8-10H,5,7,11H2,1-3H3/b10-9+. The Bertz CT molecular complexity index is 783. The first-order valence-corrected chi connectivity index (χ1v) is 8.62. The first-order valence-electron chi connectivity index (χ1n) is 7.81. The number of ether oxygens (including phenoxy) is 2. The molecule has 0 saturated heterocycles. The summed E-state index contributed by atoms with van der Waals surface area (Å²) in [6, 6.07) is 5.75. The molecule has 0 atom stereocenters. The van der Waals surface area contributed by atoms with Gasteiger partial charge in [-0.15, -0.1) is 0 Å². The highest BCUT2D eigenvalue weighted by atomic mass is 32.1. The van der Waals surface area contributed by atoms with E-state index in [4.69, 9.17) is 9.47 Å². The number of rotatable bonds is 4. The van der Waals surface area contributed by atoms with Gasteiger partial charge in [0.05, 0.1) is 19.9 Å². The topological polar surface area (TPSA) is 51.7 Å². The monoisotopic (exact) mass is 344 g/mol. The van der Waals surface area contributed by atoms with Gasteiger partial charge in [-0.25, -0.2) is 4.98 Å². The molecule has 0 N–H and O–H groups in total.